The largest absolute Gasteiger partial charge is 0.466 e. The number of esters is 1. The molecule has 0 N–H and O–H groups in total. The fraction of sp³-hybridized carbons (Fsp3) is 0.412. The molecule has 2 rings (SSSR count). The van der Waals surface area contributed by atoms with Crippen LogP contribution in [0.25, 0.3) is 10.9 Å². The number of aryl methyl sites for hydroxylation is 1. The number of carbonyl (C=O) groups is 2. The average molecular weight is 287 g/mol. The molecule has 0 amide bonds. The Balaban J connectivity index is 1.86. The number of nitrogens with zero attached hydrogens (tertiary/aromatic N) is 1. The maximum absolute atomic E-state index is 11.2. The first-order valence-electron chi connectivity index (χ1n) is 7.45. The summed E-state index contributed by atoms with van der Waals surface area (Å²) in [4.78, 5) is 22.3. The SMILES string of the molecule is CCOC(=O)CCCCCn1cc(C=O)c2ccccc21. The van der Waals surface area contributed by atoms with Crippen molar-refractivity contribution in [1.29, 1.82) is 0 Å². The van der Waals surface area contributed by atoms with Gasteiger partial charge in [-0.25, -0.2) is 0 Å². The summed E-state index contributed by atoms with van der Waals surface area (Å²) < 4.78 is 7.01. The minimum absolute atomic E-state index is 0.118. The van der Waals surface area contributed by atoms with Crippen LogP contribution in [0.2, 0.25) is 0 Å². The van der Waals surface area contributed by atoms with Crippen molar-refractivity contribution in [2.45, 2.75) is 39.2 Å². The number of benzene rings is 1. The van der Waals surface area contributed by atoms with Crippen LogP contribution in [0.5, 0.6) is 0 Å². The van der Waals surface area contributed by atoms with Crippen molar-refractivity contribution in [3.8, 4) is 0 Å². The van der Waals surface area contributed by atoms with Gasteiger partial charge in [0, 0.05) is 35.6 Å². The summed E-state index contributed by atoms with van der Waals surface area (Å²) in [7, 11) is 0. The van der Waals surface area contributed by atoms with E-state index in [2.05, 4.69) is 4.57 Å². The summed E-state index contributed by atoms with van der Waals surface area (Å²) in [6.45, 7) is 3.12. The number of aromatic nitrogens is 1. The van der Waals surface area contributed by atoms with E-state index in [1.54, 1.807) is 0 Å². The van der Waals surface area contributed by atoms with Gasteiger partial charge in [0.1, 0.15) is 0 Å². The van der Waals surface area contributed by atoms with Gasteiger partial charge in [0.15, 0.2) is 6.29 Å². The summed E-state index contributed by atoms with van der Waals surface area (Å²) in [6, 6.07) is 7.92. The Morgan fingerprint density at radius 3 is 2.81 bits per heavy atom. The molecule has 0 fully saturated rings. The van der Waals surface area contributed by atoms with Crippen molar-refractivity contribution in [3.63, 3.8) is 0 Å². The Hall–Kier alpha value is -2.10. The van der Waals surface area contributed by atoms with E-state index < -0.39 is 0 Å². The van der Waals surface area contributed by atoms with Gasteiger partial charge in [-0.05, 0) is 25.8 Å². The number of ether oxygens (including phenoxy) is 1. The van der Waals surface area contributed by atoms with E-state index in [9.17, 15) is 9.59 Å². The predicted molar refractivity (Wildman–Crippen MR) is 82.4 cm³/mol. The highest BCUT2D eigenvalue weighted by Gasteiger charge is 2.07. The van der Waals surface area contributed by atoms with Crippen LogP contribution in [0.1, 0.15) is 43.0 Å². The summed E-state index contributed by atoms with van der Waals surface area (Å²) in [5.74, 6) is -0.118. The van der Waals surface area contributed by atoms with Crippen molar-refractivity contribution in [3.05, 3.63) is 36.0 Å². The van der Waals surface area contributed by atoms with E-state index in [4.69, 9.17) is 4.74 Å². The van der Waals surface area contributed by atoms with Gasteiger partial charge in [-0.3, -0.25) is 9.59 Å². The monoisotopic (exact) mass is 287 g/mol. The highest BCUT2D eigenvalue weighted by atomic mass is 16.5. The van der Waals surface area contributed by atoms with Crippen molar-refractivity contribution >= 4 is 23.2 Å². The van der Waals surface area contributed by atoms with Crippen LogP contribution in [0.4, 0.5) is 0 Å². The van der Waals surface area contributed by atoms with Crippen molar-refractivity contribution in [1.82, 2.24) is 4.57 Å². The van der Waals surface area contributed by atoms with Gasteiger partial charge in [-0.1, -0.05) is 24.6 Å². The van der Waals surface area contributed by atoms with Gasteiger partial charge < -0.3 is 9.30 Å². The lowest BCUT2D eigenvalue weighted by Gasteiger charge is -2.05. The second-order valence-electron chi connectivity index (χ2n) is 5.03. The Bertz CT molecular complexity index is 616. The number of aldehydes is 1. The molecule has 0 unspecified atom stereocenters. The second-order valence-corrected chi connectivity index (χ2v) is 5.03. The molecular weight excluding hydrogens is 266 g/mol. The predicted octanol–water partition coefficient (Wildman–Crippen LogP) is 3.58. The quantitative estimate of drug-likeness (QED) is 0.423. The number of para-hydroxylation sites is 1. The third kappa shape index (κ3) is 3.94. The van der Waals surface area contributed by atoms with E-state index in [1.807, 2.05) is 37.4 Å². The Kier molecular flexibility index (Phi) is 5.55. The number of hydrogen-bond acceptors (Lipinski definition) is 3. The maximum Gasteiger partial charge on any atom is 0.305 e. The van der Waals surface area contributed by atoms with Crippen molar-refractivity contribution in [2.24, 2.45) is 0 Å². The van der Waals surface area contributed by atoms with Crippen LogP contribution in [-0.4, -0.2) is 23.4 Å². The molecule has 0 aliphatic carbocycles. The molecule has 2 aromatic rings. The van der Waals surface area contributed by atoms with Crippen LogP contribution in [0, 0.1) is 0 Å². The van der Waals surface area contributed by atoms with Gasteiger partial charge >= 0.3 is 5.97 Å². The minimum atomic E-state index is -0.118. The number of fused-ring (bicyclic) bond motifs is 1. The molecule has 0 aliphatic rings. The van der Waals surface area contributed by atoms with Crippen LogP contribution < -0.4 is 0 Å². The van der Waals surface area contributed by atoms with Gasteiger partial charge in [-0.2, -0.15) is 0 Å². The summed E-state index contributed by atoms with van der Waals surface area (Å²) >= 11 is 0. The lowest BCUT2D eigenvalue weighted by Crippen LogP contribution is -2.03. The molecule has 4 nitrogen and oxygen atoms in total. The molecule has 1 heterocycles. The van der Waals surface area contributed by atoms with Gasteiger partial charge in [0.25, 0.3) is 0 Å². The van der Waals surface area contributed by atoms with E-state index >= 15 is 0 Å². The summed E-state index contributed by atoms with van der Waals surface area (Å²) in [5.41, 5.74) is 1.82. The topological polar surface area (TPSA) is 48.3 Å². The van der Waals surface area contributed by atoms with E-state index in [0.717, 1.165) is 48.6 Å². The molecule has 0 aliphatic heterocycles. The number of carbonyl (C=O) groups excluding carboxylic acids is 2. The Morgan fingerprint density at radius 1 is 1.24 bits per heavy atom. The molecule has 0 radical (unpaired) electrons. The van der Waals surface area contributed by atoms with Crippen molar-refractivity contribution in [2.75, 3.05) is 6.61 Å². The molecule has 0 atom stereocenters. The van der Waals surface area contributed by atoms with E-state index in [-0.39, 0.29) is 5.97 Å². The first kappa shape index (κ1) is 15.3. The average Bonchev–Trinajstić information content (AvgIpc) is 2.85. The molecule has 0 saturated carbocycles. The van der Waals surface area contributed by atoms with Crippen LogP contribution in [0.15, 0.2) is 30.5 Å². The zero-order valence-corrected chi connectivity index (χ0v) is 12.4. The fourth-order valence-corrected chi connectivity index (χ4v) is 2.52. The standard InChI is InChI=1S/C17H21NO3/c1-2-21-17(20)10-4-3-7-11-18-12-14(13-19)15-8-5-6-9-16(15)18/h5-6,8-9,12-13H,2-4,7,10-11H2,1H3. The molecular formula is C17H21NO3. The molecule has 0 spiro atoms. The number of rotatable bonds is 8. The molecule has 4 heteroatoms. The first-order valence-corrected chi connectivity index (χ1v) is 7.45. The number of unbranched alkanes of at least 4 members (excludes halogenated alkanes) is 2. The van der Waals surface area contributed by atoms with Gasteiger partial charge in [0.2, 0.25) is 0 Å². The van der Waals surface area contributed by atoms with Crippen molar-refractivity contribution < 1.29 is 14.3 Å². The van der Waals surface area contributed by atoms with E-state index in [0.29, 0.717) is 13.0 Å². The minimum Gasteiger partial charge on any atom is -0.466 e. The summed E-state index contributed by atoms with van der Waals surface area (Å²) in [6.07, 6.45) is 6.10. The zero-order valence-electron chi connectivity index (χ0n) is 12.4. The lowest BCUT2D eigenvalue weighted by atomic mass is 10.2. The summed E-state index contributed by atoms with van der Waals surface area (Å²) in [5, 5.41) is 0.999. The third-order valence-electron chi connectivity index (χ3n) is 3.53. The van der Waals surface area contributed by atoms with Gasteiger partial charge in [-0.15, -0.1) is 0 Å². The molecule has 1 aromatic heterocycles. The molecule has 21 heavy (non-hydrogen) atoms. The fourth-order valence-electron chi connectivity index (χ4n) is 2.52. The highest BCUT2D eigenvalue weighted by Crippen LogP contribution is 2.20. The Labute approximate surface area is 124 Å². The Morgan fingerprint density at radius 2 is 2.05 bits per heavy atom. The van der Waals surface area contributed by atoms with Gasteiger partial charge in [0.05, 0.1) is 6.61 Å². The van der Waals surface area contributed by atoms with Crippen LogP contribution in [0.3, 0.4) is 0 Å². The van der Waals surface area contributed by atoms with Crippen LogP contribution in [-0.2, 0) is 16.1 Å². The zero-order chi connectivity index (χ0) is 15.1. The van der Waals surface area contributed by atoms with E-state index in [1.165, 1.54) is 0 Å². The molecule has 0 saturated heterocycles. The third-order valence-corrected chi connectivity index (χ3v) is 3.53. The van der Waals surface area contributed by atoms with Crippen LogP contribution >= 0.6 is 0 Å². The highest BCUT2D eigenvalue weighted by molar-refractivity contribution is 5.97. The first-order chi connectivity index (χ1) is 10.3. The smallest absolute Gasteiger partial charge is 0.305 e. The normalized spacial score (nSPS) is 10.7. The number of hydrogen-bond donors (Lipinski definition) is 0. The molecule has 1 aromatic carbocycles. The maximum atomic E-state index is 11.2. The second kappa shape index (κ2) is 7.62. The molecule has 112 valence electrons. The lowest BCUT2D eigenvalue weighted by molar-refractivity contribution is -0.143. The molecule has 0 bridgehead atoms.